The standard InChI is InChI=1S/C18H32I2O5S2/c1-8-26(4,5)20-25-27(6,7)19-13-9-10-15-11-12-16(17(14-15)22-2)24-18(21)23-3/h11-12,14H,8-10,13H2,1-7H3/q-2. The third-order valence-electron chi connectivity index (χ3n) is 3.56. The molecule has 27 heavy (non-hydrogen) atoms. The molecule has 0 saturated carbocycles. The Morgan fingerprint density at radius 3 is 2.41 bits per heavy atom. The molecule has 0 N–H and O–H groups in total. The summed E-state index contributed by atoms with van der Waals surface area (Å²) in [5.41, 5.74) is 1.19. The minimum atomic E-state index is -0.832. The Morgan fingerprint density at radius 2 is 1.81 bits per heavy atom. The summed E-state index contributed by atoms with van der Waals surface area (Å²) in [6.45, 7) is 2.28. The Labute approximate surface area is 185 Å². The zero-order valence-electron chi connectivity index (χ0n) is 17.2. The first-order chi connectivity index (χ1) is 12.6. The first-order valence-corrected chi connectivity index (χ1v) is 20.9. The summed E-state index contributed by atoms with van der Waals surface area (Å²) in [6, 6.07) is 5.67. The van der Waals surface area contributed by atoms with Crippen molar-refractivity contribution in [3.8, 4) is 11.5 Å². The summed E-state index contributed by atoms with van der Waals surface area (Å²) >= 11 is -0.0461. The average Bonchev–Trinajstić information content (AvgIpc) is 2.64. The topological polar surface area (TPSA) is 54.0 Å². The zero-order valence-corrected chi connectivity index (χ0v) is 23.1. The van der Waals surface area contributed by atoms with Crippen LogP contribution in [0.15, 0.2) is 18.2 Å². The number of alkyl halides is 1. The van der Waals surface area contributed by atoms with Crippen molar-refractivity contribution in [2.24, 2.45) is 0 Å². The summed E-state index contributed by atoms with van der Waals surface area (Å²) in [5, 5.41) is 0. The van der Waals surface area contributed by atoms with E-state index in [1.807, 2.05) is 12.1 Å². The molecule has 0 aliphatic carbocycles. The predicted octanol–water partition coefficient (Wildman–Crippen LogP) is -1.22. The summed E-state index contributed by atoms with van der Waals surface area (Å²) in [7, 11) is 1.54. The van der Waals surface area contributed by atoms with Gasteiger partial charge in [-0.3, -0.25) is 0 Å². The second kappa shape index (κ2) is 12.2. The van der Waals surface area contributed by atoms with Crippen molar-refractivity contribution >= 4 is 20.8 Å². The van der Waals surface area contributed by atoms with E-state index in [1.54, 1.807) is 13.2 Å². The van der Waals surface area contributed by atoms with E-state index in [0.29, 0.717) is 11.5 Å². The fraction of sp³-hybridized carbons (Fsp3) is 0.611. The fourth-order valence-corrected chi connectivity index (χ4v) is 21.0. The van der Waals surface area contributed by atoms with Gasteiger partial charge < -0.3 is 0 Å². The molecule has 0 atom stereocenters. The van der Waals surface area contributed by atoms with Crippen molar-refractivity contribution in [1.29, 1.82) is 0 Å². The van der Waals surface area contributed by atoms with Gasteiger partial charge in [-0.05, 0) is 0 Å². The quantitative estimate of drug-likeness (QED) is 0.0993. The van der Waals surface area contributed by atoms with Crippen LogP contribution in [0, 0.1) is 0 Å². The molecule has 0 bridgehead atoms. The van der Waals surface area contributed by atoms with Gasteiger partial charge >= 0.3 is 187 Å². The summed E-state index contributed by atoms with van der Waals surface area (Å²) in [6.07, 6.45) is 10.9. The van der Waals surface area contributed by atoms with Gasteiger partial charge in [-0.1, -0.05) is 0 Å². The second-order valence-corrected chi connectivity index (χ2v) is 31.1. The molecule has 1 aromatic carbocycles. The van der Waals surface area contributed by atoms with Crippen LogP contribution >= 0.6 is 14.7 Å². The fourth-order valence-electron chi connectivity index (χ4n) is 1.79. The van der Waals surface area contributed by atoms with Crippen LogP contribution in [0.25, 0.3) is 0 Å². The Balaban J connectivity index is 2.48. The molecule has 0 aromatic heterocycles. The van der Waals surface area contributed by atoms with Gasteiger partial charge in [0.25, 0.3) is 0 Å². The van der Waals surface area contributed by atoms with E-state index in [1.165, 1.54) is 22.9 Å². The molecule has 162 valence electrons. The number of carbonyl (C=O) groups is 1. The summed E-state index contributed by atoms with van der Waals surface area (Å²) in [5.74, 6) is 2.20. The zero-order chi connectivity index (χ0) is 20.5. The number of aryl methyl sites for hydroxylation is 1. The first kappa shape index (κ1) is 25.4. The number of ether oxygens (including phenoxy) is 3. The number of hydrogen-bond donors (Lipinski definition) is 0. The van der Waals surface area contributed by atoms with Gasteiger partial charge in [0.15, 0.2) is 0 Å². The third-order valence-corrected chi connectivity index (χ3v) is 24.5. The van der Waals surface area contributed by atoms with E-state index in [0.717, 1.165) is 12.8 Å². The predicted molar refractivity (Wildman–Crippen MR) is 110 cm³/mol. The molecule has 0 fully saturated rings. The Kier molecular flexibility index (Phi) is 11.5. The van der Waals surface area contributed by atoms with Gasteiger partial charge in [0.05, 0.1) is 0 Å². The summed E-state index contributed by atoms with van der Waals surface area (Å²) < 4.78 is 22.6. The van der Waals surface area contributed by atoms with Crippen LogP contribution in [-0.4, -0.2) is 55.6 Å². The van der Waals surface area contributed by atoms with Gasteiger partial charge in [0.2, 0.25) is 0 Å². The van der Waals surface area contributed by atoms with Gasteiger partial charge in [-0.25, -0.2) is 0 Å². The van der Waals surface area contributed by atoms with Gasteiger partial charge in [-0.15, -0.1) is 0 Å². The Hall–Kier alpha value is 0.410. The maximum absolute atomic E-state index is 11.3. The van der Waals surface area contributed by atoms with Crippen LogP contribution in [0.4, 0.5) is 4.79 Å². The number of benzene rings is 1. The number of hydrogen-bond acceptors (Lipinski definition) is 5. The molecule has 0 unspecified atom stereocenters. The van der Waals surface area contributed by atoms with Crippen molar-refractivity contribution in [2.75, 3.05) is 49.4 Å². The van der Waals surface area contributed by atoms with Crippen LogP contribution in [-0.2, 0) is 13.7 Å². The van der Waals surface area contributed by atoms with Gasteiger partial charge in [0.1, 0.15) is 0 Å². The molecule has 0 radical (unpaired) electrons. The molecule has 0 heterocycles. The molecule has 1 aromatic rings. The molecule has 0 saturated heterocycles. The molecular weight excluding hydrogens is 614 g/mol. The molecule has 0 spiro atoms. The molecule has 1 rings (SSSR count). The van der Waals surface area contributed by atoms with Crippen LogP contribution in [0.2, 0.25) is 0 Å². The number of rotatable bonds is 11. The summed E-state index contributed by atoms with van der Waals surface area (Å²) in [4.78, 5) is 11.3. The Morgan fingerprint density at radius 1 is 1.11 bits per heavy atom. The van der Waals surface area contributed by atoms with E-state index in [-0.39, 0.29) is 40.1 Å². The molecule has 0 amide bonds. The average molecular weight is 646 g/mol. The van der Waals surface area contributed by atoms with Crippen molar-refractivity contribution in [2.45, 2.75) is 19.8 Å². The maximum atomic E-state index is 11.3. The Bertz CT molecular complexity index is 611. The van der Waals surface area contributed by atoms with Crippen LogP contribution in [0.1, 0.15) is 18.9 Å². The van der Waals surface area contributed by atoms with Crippen LogP contribution < -0.4 is 49.5 Å². The number of methoxy groups -OCH3 is 2. The monoisotopic (exact) mass is 646 g/mol. The van der Waals surface area contributed by atoms with Crippen LogP contribution in [0.5, 0.6) is 11.5 Å². The molecule has 0 aliphatic rings. The van der Waals surface area contributed by atoms with E-state index in [9.17, 15) is 4.79 Å². The van der Waals surface area contributed by atoms with Crippen molar-refractivity contribution < 1.29 is 61.6 Å². The minimum absolute atomic E-state index is 0.0723. The first-order valence-electron chi connectivity index (χ1n) is 8.45. The molecular formula is C18H32I2O5S2-2. The second-order valence-electron chi connectivity index (χ2n) is 6.37. The van der Waals surface area contributed by atoms with E-state index < -0.39 is 20.8 Å². The molecule has 9 heteroatoms. The van der Waals surface area contributed by atoms with Crippen molar-refractivity contribution in [3.05, 3.63) is 23.8 Å². The van der Waals surface area contributed by atoms with Gasteiger partial charge in [-0.2, -0.15) is 0 Å². The molecule has 0 aliphatic heterocycles. The number of carbonyl (C=O) groups excluding carboxylic acids is 1. The normalized spacial score (nSPS) is 13.4. The SMILES string of the molecule is CCS(C)(C)[I-]OS(C)(C)[I-]CCCc1ccc(OC(=O)OC)c(OC)c1. The van der Waals surface area contributed by atoms with Gasteiger partial charge in [0, 0.05) is 0 Å². The van der Waals surface area contributed by atoms with Crippen molar-refractivity contribution in [1.82, 2.24) is 0 Å². The van der Waals surface area contributed by atoms with Crippen molar-refractivity contribution in [3.63, 3.8) is 0 Å². The number of halogens is 2. The van der Waals surface area contributed by atoms with E-state index in [2.05, 4.69) is 36.7 Å². The van der Waals surface area contributed by atoms with E-state index >= 15 is 0 Å². The molecule has 5 nitrogen and oxygen atoms in total. The van der Waals surface area contributed by atoms with E-state index in [4.69, 9.17) is 12.0 Å². The van der Waals surface area contributed by atoms with Crippen LogP contribution in [0.3, 0.4) is 0 Å². The third kappa shape index (κ3) is 10.1.